The number of aliphatic carboxylic acids is 1. The number of hydrogen-bond acceptors (Lipinski definition) is 5. The van der Waals surface area contributed by atoms with E-state index in [0.717, 1.165) is 6.42 Å². The molecule has 20 heavy (non-hydrogen) atoms. The Labute approximate surface area is 113 Å². The molecule has 1 aliphatic rings. The smallest absolute Gasteiger partial charge is 0.347 e. The van der Waals surface area contributed by atoms with Crippen molar-refractivity contribution < 1.29 is 14.4 Å². The van der Waals surface area contributed by atoms with Crippen LogP contribution in [0.3, 0.4) is 0 Å². The molecule has 0 radical (unpaired) electrons. The largest absolute Gasteiger partial charge is 0.480 e. The number of aromatic nitrogens is 4. The van der Waals surface area contributed by atoms with E-state index >= 15 is 0 Å². The highest BCUT2D eigenvalue weighted by molar-refractivity contribution is 5.72. The lowest BCUT2D eigenvalue weighted by Gasteiger charge is -2.19. The number of rotatable bonds is 3. The van der Waals surface area contributed by atoms with Crippen LogP contribution in [0.1, 0.15) is 36.2 Å². The van der Waals surface area contributed by atoms with E-state index in [1.165, 1.54) is 9.25 Å². The molecule has 1 atom stereocenters. The second kappa shape index (κ2) is 4.62. The maximum Gasteiger partial charge on any atom is 0.347 e. The number of carboxylic acids is 1. The van der Waals surface area contributed by atoms with E-state index in [1.54, 1.807) is 13.0 Å². The number of nitrogens with zero attached hydrogens (tertiary/aromatic N) is 4. The molecule has 3 rings (SSSR count). The van der Waals surface area contributed by atoms with Gasteiger partial charge in [-0.3, -0.25) is 4.57 Å². The number of carboxylic acid groups (broad SMARTS) is 1. The van der Waals surface area contributed by atoms with Crippen molar-refractivity contribution in [3.8, 4) is 0 Å². The zero-order valence-corrected chi connectivity index (χ0v) is 10.9. The SMILES string of the molecule is Cc1cc(Cn2nc3n(c2=O)[C@@H](C(=O)O)CCC3)no1. The van der Waals surface area contributed by atoms with Gasteiger partial charge in [-0.25, -0.2) is 14.3 Å². The van der Waals surface area contributed by atoms with Gasteiger partial charge in [-0.05, 0) is 19.8 Å². The van der Waals surface area contributed by atoms with E-state index in [2.05, 4.69) is 10.3 Å². The molecule has 106 valence electrons. The Hall–Kier alpha value is -2.38. The highest BCUT2D eigenvalue weighted by Crippen LogP contribution is 2.21. The summed E-state index contributed by atoms with van der Waals surface area (Å²) in [5, 5.41) is 17.2. The Morgan fingerprint density at radius 3 is 3.05 bits per heavy atom. The van der Waals surface area contributed by atoms with E-state index in [9.17, 15) is 14.7 Å². The maximum atomic E-state index is 12.3. The Morgan fingerprint density at radius 2 is 2.40 bits per heavy atom. The summed E-state index contributed by atoms with van der Waals surface area (Å²) in [6.07, 6.45) is 1.79. The highest BCUT2D eigenvalue weighted by Gasteiger charge is 2.30. The number of hydrogen-bond donors (Lipinski definition) is 1. The zero-order chi connectivity index (χ0) is 14.3. The molecule has 1 N–H and O–H groups in total. The standard InChI is InChI=1S/C12H14N4O4/c1-7-5-8(14-20-7)6-15-12(19)16-9(11(17)18)3-2-4-10(16)13-15/h5,9H,2-4,6H2,1H3,(H,17,18)/t9-/m1/s1. The summed E-state index contributed by atoms with van der Waals surface area (Å²) in [7, 11) is 0. The minimum atomic E-state index is -0.995. The van der Waals surface area contributed by atoms with Gasteiger partial charge in [-0.15, -0.1) is 0 Å². The van der Waals surface area contributed by atoms with Gasteiger partial charge >= 0.3 is 11.7 Å². The average Bonchev–Trinajstić information content (AvgIpc) is 2.95. The van der Waals surface area contributed by atoms with Crippen molar-refractivity contribution in [3.63, 3.8) is 0 Å². The molecule has 2 aromatic heterocycles. The van der Waals surface area contributed by atoms with E-state index < -0.39 is 17.7 Å². The zero-order valence-electron chi connectivity index (χ0n) is 10.9. The summed E-state index contributed by atoms with van der Waals surface area (Å²) in [5.41, 5.74) is 0.180. The highest BCUT2D eigenvalue weighted by atomic mass is 16.5. The molecular formula is C12H14N4O4. The minimum Gasteiger partial charge on any atom is -0.480 e. The van der Waals surface area contributed by atoms with E-state index in [4.69, 9.17) is 4.52 Å². The quantitative estimate of drug-likeness (QED) is 0.869. The topological polar surface area (TPSA) is 103 Å². The fraction of sp³-hybridized carbons (Fsp3) is 0.500. The minimum absolute atomic E-state index is 0.183. The van der Waals surface area contributed by atoms with Gasteiger partial charge < -0.3 is 9.63 Å². The van der Waals surface area contributed by atoms with E-state index in [-0.39, 0.29) is 6.54 Å². The van der Waals surface area contributed by atoms with Crippen molar-refractivity contribution in [2.24, 2.45) is 0 Å². The fourth-order valence-corrected chi connectivity index (χ4v) is 2.51. The Kier molecular flexibility index (Phi) is 2.92. The summed E-state index contributed by atoms with van der Waals surface area (Å²) in [6, 6.07) is 0.901. The van der Waals surface area contributed by atoms with E-state index in [0.29, 0.717) is 30.1 Å². The first-order valence-electron chi connectivity index (χ1n) is 6.39. The van der Waals surface area contributed by atoms with Crippen LogP contribution in [-0.2, 0) is 17.8 Å². The monoisotopic (exact) mass is 278 g/mol. The van der Waals surface area contributed by atoms with Crippen LogP contribution in [-0.4, -0.2) is 30.6 Å². The fourth-order valence-electron chi connectivity index (χ4n) is 2.51. The van der Waals surface area contributed by atoms with Crippen LogP contribution >= 0.6 is 0 Å². The average molecular weight is 278 g/mol. The van der Waals surface area contributed by atoms with Gasteiger partial charge in [0.25, 0.3) is 0 Å². The second-order valence-electron chi connectivity index (χ2n) is 4.90. The van der Waals surface area contributed by atoms with Crippen LogP contribution in [0.25, 0.3) is 0 Å². The molecule has 0 saturated carbocycles. The number of fused-ring (bicyclic) bond motifs is 1. The molecule has 0 spiro atoms. The third-order valence-corrected chi connectivity index (χ3v) is 3.40. The van der Waals surface area contributed by atoms with Crippen LogP contribution < -0.4 is 5.69 Å². The Balaban J connectivity index is 1.98. The van der Waals surface area contributed by atoms with Gasteiger partial charge in [-0.1, -0.05) is 5.16 Å². The lowest BCUT2D eigenvalue weighted by molar-refractivity contribution is -0.141. The summed E-state index contributed by atoms with van der Waals surface area (Å²) in [5.74, 6) is 0.180. The molecule has 0 amide bonds. The van der Waals surface area contributed by atoms with Gasteiger partial charge in [0.15, 0.2) is 0 Å². The molecule has 0 unspecified atom stereocenters. The normalized spacial score (nSPS) is 17.9. The van der Waals surface area contributed by atoms with Crippen LogP contribution in [0.5, 0.6) is 0 Å². The molecule has 0 bridgehead atoms. The summed E-state index contributed by atoms with van der Waals surface area (Å²) < 4.78 is 7.46. The van der Waals surface area contributed by atoms with Crippen LogP contribution in [0.4, 0.5) is 0 Å². The molecule has 1 aliphatic heterocycles. The van der Waals surface area contributed by atoms with Crippen LogP contribution in [0, 0.1) is 6.92 Å². The molecule has 0 aliphatic carbocycles. The summed E-state index contributed by atoms with van der Waals surface area (Å²) in [6.45, 7) is 1.94. The molecule has 3 heterocycles. The van der Waals surface area contributed by atoms with E-state index in [1.807, 2.05) is 0 Å². The molecular weight excluding hydrogens is 264 g/mol. The first kappa shape index (κ1) is 12.6. The van der Waals surface area contributed by atoms with Gasteiger partial charge in [0.2, 0.25) is 0 Å². The van der Waals surface area contributed by atoms with Crippen molar-refractivity contribution >= 4 is 5.97 Å². The molecule has 8 heteroatoms. The number of carbonyl (C=O) groups is 1. The van der Waals surface area contributed by atoms with Crippen molar-refractivity contribution in [2.45, 2.75) is 38.8 Å². The van der Waals surface area contributed by atoms with Gasteiger partial charge in [0, 0.05) is 12.5 Å². The maximum absolute atomic E-state index is 12.3. The number of aryl methyl sites for hydroxylation is 2. The summed E-state index contributed by atoms with van der Waals surface area (Å²) >= 11 is 0. The van der Waals surface area contributed by atoms with Gasteiger partial charge in [0.1, 0.15) is 23.3 Å². The van der Waals surface area contributed by atoms with Crippen molar-refractivity contribution in [3.05, 3.63) is 33.8 Å². The lowest BCUT2D eigenvalue weighted by Crippen LogP contribution is -2.34. The first-order valence-corrected chi connectivity index (χ1v) is 6.39. The lowest BCUT2D eigenvalue weighted by atomic mass is 10.1. The summed E-state index contributed by atoms with van der Waals surface area (Å²) in [4.78, 5) is 23.5. The second-order valence-corrected chi connectivity index (χ2v) is 4.90. The van der Waals surface area contributed by atoms with Gasteiger partial charge in [0.05, 0.1) is 6.54 Å². The molecule has 0 saturated heterocycles. The predicted octanol–water partition coefficient (Wildman–Crippen LogP) is 0.352. The molecule has 0 aromatic carbocycles. The van der Waals surface area contributed by atoms with Crippen molar-refractivity contribution in [1.29, 1.82) is 0 Å². The third-order valence-electron chi connectivity index (χ3n) is 3.40. The predicted molar refractivity (Wildman–Crippen MR) is 66.4 cm³/mol. The Bertz CT molecular complexity index is 711. The van der Waals surface area contributed by atoms with Crippen LogP contribution in [0.2, 0.25) is 0 Å². The van der Waals surface area contributed by atoms with Crippen molar-refractivity contribution in [2.75, 3.05) is 0 Å². The Morgan fingerprint density at radius 1 is 1.60 bits per heavy atom. The molecule has 2 aromatic rings. The van der Waals surface area contributed by atoms with Crippen molar-refractivity contribution in [1.82, 2.24) is 19.5 Å². The first-order chi connectivity index (χ1) is 9.56. The van der Waals surface area contributed by atoms with Crippen LogP contribution in [0.15, 0.2) is 15.4 Å². The van der Waals surface area contributed by atoms with Gasteiger partial charge in [-0.2, -0.15) is 5.10 Å². The molecule has 8 nitrogen and oxygen atoms in total. The molecule has 0 fully saturated rings. The third kappa shape index (κ3) is 2.02.